The van der Waals surface area contributed by atoms with E-state index in [0.29, 0.717) is 0 Å². The molecular weight excluding hydrogens is 271 g/mol. The Morgan fingerprint density at radius 1 is 1.39 bits per heavy atom. The van der Waals surface area contributed by atoms with Crippen LogP contribution >= 0.6 is 11.8 Å². The van der Waals surface area contributed by atoms with E-state index in [1.807, 2.05) is 0 Å². The zero-order valence-electron chi connectivity index (χ0n) is 9.90. The van der Waals surface area contributed by atoms with E-state index in [-0.39, 0.29) is 6.54 Å². The zero-order valence-corrected chi connectivity index (χ0v) is 10.7. The molecule has 4 nitrogen and oxygen atoms in total. The summed E-state index contributed by atoms with van der Waals surface area (Å²) in [5.74, 6) is -5.50. The van der Waals surface area contributed by atoms with Crippen LogP contribution in [0.15, 0.2) is 0 Å². The molecule has 3 atom stereocenters. The van der Waals surface area contributed by atoms with Crippen molar-refractivity contribution in [3.8, 4) is 0 Å². The minimum absolute atomic E-state index is 0.372. The molecule has 1 N–H and O–H groups in total. The van der Waals surface area contributed by atoms with Crippen molar-refractivity contribution in [3.05, 3.63) is 0 Å². The minimum atomic E-state index is -4.60. The molecule has 1 fully saturated rings. The van der Waals surface area contributed by atoms with Crippen LogP contribution in [0, 0.1) is 11.8 Å². The third-order valence-corrected chi connectivity index (χ3v) is 3.98. The Morgan fingerprint density at radius 2 is 1.94 bits per heavy atom. The predicted octanol–water partition coefficient (Wildman–Crippen LogP) is 1.46. The van der Waals surface area contributed by atoms with E-state index in [9.17, 15) is 22.8 Å². The molecule has 1 heterocycles. The van der Waals surface area contributed by atoms with Crippen LogP contribution in [-0.2, 0) is 9.59 Å². The molecule has 1 amide bonds. The zero-order chi connectivity index (χ0) is 14.1. The number of alkyl halides is 3. The number of aliphatic carboxylic acids is 1. The molecule has 18 heavy (non-hydrogen) atoms. The van der Waals surface area contributed by atoms with Gasteiger partial charge in [-0.05, 0) is 13.2 Å². The molecule has 0 radical (unpaired) electrons. The minimum Gasteiger partial charge on any atom is -0.481 e. The molecule has 8 heteroatoms. The number of hydrogen-bond acceptors (Lipinski definition) is 3. The van der Waals surface area contributed by atoms with E-state index < -0.39 is 41.7 Å². The molecule has 1 unspecified atom stereocenters. The molecule has 0 spiro atoms. The number of nitrogens with zero attached hydrogens (tertiary/aromatic N) is 1. The van der Waals surface area contributed by atoms with Crippen LogP contribution in [-0.4, -0.2) is 52.7 Å². The first kappa shape index (κ1) is 15.1. The summed E-state index contributed by atoms with van der Waals surface area (Å²) in [5.41, 5.74) is 0. The number of carboxylic acid groups (broad SMARTS) is 1. The average molecular weight is 285 g/mol. The van der Waals surface area contributed by atoms with Gasteiger partial charge in [-0.15, -0.1) is 0 Å². The highest BCUT2D eigenvalue weighted by Crippen LogP contribution is 2.38. The number of likely N-dealkylation sites (tertiary alicyclic amines) is 1. The maximum absolute atomic E-state index is 12.7. The Morgan fingerprint density at radius 3 is 2.28 bits per heavy atom. The van der Waals surface area contributed by atoms with E-state index in [0.717, 1.165) is 4.90 Å². The van der Waals surface area contributed by atoms with Crippen molar-refractivity contribution in [1.82, 2.24) is 4.90 Å². The number of rotatable bonds is 3. The number of amides is 1. The van der Waals surface area contributed by atoms with Crippen molar-refractivity contribution in [2.45, 2.75) is 18.3 Å². The lowest BCUT2D eigenvalue weighted by Crippen LogP contribution is -2.36. The highest BCUT2D eigenvalue weighted by Gasteiger charge is 2.53. The highest BCUT2D eigenvalue weighted by atomic mass is 32.2. The van der Waals surface area contributed by atoms with Gasteiger partial charge in [-0.1, -0.05) is 0 Å². The molecule has 0 aliphatic carbocycles. The topological polar surface area (TPSA) is 57.6 Å². The summed E-state index contributed by atoms with van der Waals surface area (Å²) in [6, 6.07) is 0. The van der Waals surface area contributed by atoms with Gasteiger partial charge in [0.15, 0.2) is 0 Å². The first-order valence-corrected chi connectivity index (χ1v) is 6.58. The van der Waals surface area contributed by atoms with Gasteiger partial charge in [0.05, 0.1) is 17.1 Å². The van der Waals surface area contributed by atoms with Crippen molar-refractivity contribution in [1.29, 1.82) is 0 Å². The maximum Gasteiger partial charge on any atom is 0.394 e. The van der Waals surface area contributed by atoms with Crippen LogP contribution in [0.1, 0.15) is 6.92 Å². The number of carbonyl (C=O) groups is 2. The Hall–Kier alpha value is -0.920. The first-order valence-electron chi connectivity index (χ1n) is 5.29. The monoisotopic (exact) mass is 285 g/mol. The van der Waals surface area contributed by atoms with E-state index >= 15 is 0 Å². The lowest BCUT2D eigenvalue weighted by atomic mass is 9.96. The lowest BCUT2D eigenvalue weighted by molar-refractivity contribution is -0.188. The van der Waals surface area contributed by atoms with Crippen LogP contribution in [0.2, 0.25) is 0 Å². The van der Waals surface area contributed by atoms with Crippen molar-refractivity contribution in [2.24, 2.45) is 11.8 Å². The summed E-state index contributed by atoms with van der Waals surface area (Å²) >= 11 is 1.22. The van der Waals surface area contributed by atoms with Gasteiger partial charge in [0, 0.05) is 13.1 Å². The molecule has 0 saturated carbocycles. The maximum atomic E-state index is 12.7. The standard InChI is InChI=1S/C10H14F3NO3S/c1-5(18-2)8(15)14-3-6(9(16)17)7(4-14)10(11,12)13/h5-7H,3-4H2,1-2H3,(H,16,17)/t5?,6-,7-/m1/s1. The van der Waals surface area contributed by atoms with Gasteiger partial charge in [0.1, 0.15) is 0 Å². The van der Waals surface area contributed by atoms with Gasteiger partial charge < -0.3 is 10.0 Å². The molecule has 0 aromatic heterocycles. The fourth-order valence-corrected chi connectivity index (χ4v) is 2.27. The van der Waals surface area contributed by atoms with E-state index in [1.54, 1.807) is 13.2 Å². The Balaban J connectivity index is 2.85. The number of halogens is 3. The lowest BCUT2D eigenvalue weighted by Gasteiger charge is -2.20. The quantitative estimate of drug-likeness (QED) is 0.853. The summed E-state index contributed by atoms with van der Waals surface area (Å²) < 4.78 is 38.1. The second-order valence-electron chi connectivity index (χ2n) is 4.21. The summed E-state index contributed by atoms with van der Waals surface area (Å²) in [5, 5.41) is 8.33. The average Bonchev–Trinajstić information content (AvgIpc) is 2.71. The van der Waals surface area contributed by atoms with Crippen molar-refractivity contribution < 1.29 is 27.9 Å². The molecular formula is C10H14F3NO3S. The van der Waals surface area contributed by atoms with E-state index in [2.05, 4.69) is 0 Å². The van der Waals surface area contributed by atoms with Crippen molar-refractivity contribution in [2.75, 3.05) is 19.3 Å². The Kier molecular flexibility index (Phi) is 4.52. The van der Waals surface area contributed by atoms with Crippen molar-refractivity contribution in [3.63, 3.8) is 0 Å². The van der Waals surface area contributed by atoms with Gasteiger partial charge in [0.25, 0.3) is 0 Å². The smallest absolute Gasteiger partial charge is 0.394 e. The molecule has 0 aromatic rings. The van der Waals surface area contributed by atoms with Crippen LogP contribution in [0.25, 0.3) is 0 Å². The second-order valence-corrected chi connectivity index (χ2v) is 5.39. The number of hydrogen-bond donors (Lipinski definition) is 1. The fourth-order valence-electron chi connectivity index (χ4n) is 1.92. The number of carbonyl (C=O) groups excluding carboxylic acids is 1. The normalized spacial score (nSPS) is 26.2. The third kappa shape index (κ3) is 3.09. The molecule has 104 valence electrons. The van der Waals surface area contributed by atoms with Gasteiger partial charge in [-0.25, -0.2) is 0 Å². The van der Waals surface area contributed by atoms with Crippen molar-refractivity contribution >= 4 is 23.6 Å². The first-order chi connectivity index (χ1) is 8.18. The molecule has 1 aliphatic rings. The molecule has 1 aliphatic heterocycles. The largest absolute Gasteiger partial charge is 0.481 e. The van der Waals surface area contributed by atoms with Gasteiger partial charge in [0.2, 0.25) is 5.91 Å². The summed E-state index contributed by atoms with van der Waals surface area (Å²) in [6.45, 7) is 0.650. The fraction of sp³-hybridized carbons (Fsp3) is 0.800. The Labute approximate surface area is 107 Å². The Bertz CT molecular complexity index is 348. The summed E-state index contributed by atoms with van der Waals surface area (Å²) in [6.07, 6.45) is -2.92. The van der Waals surface area contributed by atoms with Gasteiger partial charge in [-0.3, -0.25) is 9.59 Å². The third-order valence-electron chi connectivity index (χ3n) is 3.07. The van der Waals surface area contributed by atoms with Gasteiger partial charge >= 0.3 is 12.1 Å². The van der Waals surface area contributed by atoms with E-state index in [1.165, 1.54) is 11.8 Å². The summed E-state index contributed by atoms with van der Waals surface area (Å²) in [4.78, 5) is 23.6. The number of carboxylic acids is 1. The predicted molar refractivity (Wildman–Crippen MR) is 60.2 cm³/mol. The second kappa shape index (κ2) is 5.38. The number of thioether (sulfide) groups is 1. The molecule has 1 rings (SSSR count). The molecule has 0 bridgehead atoms. The van der Waals surface area contributed by atoms with Gasteiger partial charge in [-0.2, -0.15) is 24.9 Å². The SMILES string of the molecule is CSC(C)C(=O)N1C[C@@H](C(F)(F)F)[C@H](C(=O)O)C1. The highest BCUT2D eigenvalue weighted by molar-refractivity contribution is 7.99. The molecule has 1 saturated heterocycles. The van der Waals surface area contributed by atoms with Crippen LogP contribution in [0.4, 0.5) is 13.2 Å². The van der Waals surface area contributed by atoms with E-state index in [4.69, 9.17) is 5.11 Å². The van der Waals surface area contributed by atoms with Crippen LogP contribution in [0.5, 0.6) is 0 Å². The van der Waals surface area contributed by atoms with Crippen LogP contribution in [0.3, 0.4) is 0 Å². The molecule has 0 aromatic carbocycles. The summed E-state index contributed by atoms with van der Waals surface area (Å²) in [7, 11) is 0. The van der Waals surface area contributed by atoms with Crippen LogP contribution < -0.4 is 0 Å².